The third-order valence-corrected chi connectivity index (χ3v) is 3.32. The van der Waals surface area contributed by atoms with Gasteiger partial charge in [0.2, 0.25) is 0 Å². The molecule has 0 saturated heterocycles. The summed E-state index contributed by atoms with van der Waals surface area (Å²) in [6.07, 6.45) is -7.24. The van der Waals surface area contributed by atoms with Crippen molar-refractivity contribution in [1.82, 2.24) is 0 Å². The Bertz CT molecular complexity index is 445. The van der Waals surface area contributed by atoms with E-state index in [1.807, 2.05) is 6.92 Å². The Kier molecular flexibility index (Phi) is 8.77. The van der Waals surface area contributed by atoms with Crippen molar-refractivity contribution >= 4 is 17.9 Å². The first-order valence-corrected chi connectivity index (χ1v) is 7.49. The molecule has 0 aromatic carbocycles. The average molecular weight is 356 g/mol. The molecule has 0 aliphatic carbocycles. The summed E-state index contributed by atoms with van der Waals surface area (Å²) in [4.78, 5) is 34.1. The molecule has 0 aliphatic rings. The molecule has 0 heterocycles. The Hall–Kier alpha value is -1.80. The maximum atomic E-state index is 12.2. The molecule has 0 fully saturated rings. The van der Waals surface area contributed by atoms with E-state index in [2.05, 4.69) is 4.74 Å². The predicted molar refractivity (Wildman–Crippen MR) is 76.8 cm³/mol. The van der Waals surface area contributed by atoms with Crippen molar-refractivity contribution in [2.45, 2.75) is 59.2 Å². The van der Waals surface area contributed by atoms with Crippen LogP contribution in [0.3, 0.4) is 0 Å². The Morgan fingerprint density at radius 3 is 1.96 bits per heavy atom. The van der Waals surface area contributed by atoms with Gasteiger partial charge in [0.1, 0.15) is 13.2 Å². The van der Waals surface area contributed by atoms with E-state index in [0.717, 1.165) is 0 Å². The number of hydrogen-bond acceptors (Lipinski definition) is 6. The van der Waals surface area contributed by atoms with Crippen molar-refractivity contribution < 1.29 is 41.8 Å². The molecule has 6 nitrogen and oxygen atoms in total. The molecule has 140 valence electrons. The summed E-state index contributed by atoms with van der Waals surface area (Å²) in [6.45, 7) is 5.63. The SMILES string of the molecule is CCC(C)(C)C(=O)OCCOC(=O)CCC(=O)OC(C)C(F)(F)F. The molecule has 0 rings (SSSR count). The fourth-order valence-corrected chi connectivity index (χ4v) is 1.23. The highest BCUT2D eigenvalue weighted by Gasteiger charge is 2.39. The Morgan fingerprint density at radius 1 is 0.958 bits per heavy atom. The number of ether oxygens (including phenoxy) is 3. The van der Waals surface area contributed by atoms with Gasteiger partial charge in [-0.2, -0.15) is 13.2 Å². The van der Waals surface area contributed by atoms with Gasteiger partial charge in [0.25, 0.3) is 0 Å². The molecule has 0 aliphatic heterocycles. The van der Waals surface area contributed by atoms with Gasteiger partial charge in [-0.1, -0.05) is 6.92 Å². The number of alkyl halides is 3. The lowest BCUT2D eigenvalue weighted by Crippen LogP contribution is -2.31. The van der Waals surface area contributed by atoms with E-state index >= 15 is 0 Å². The van der Waals surface area contributed by atoms with E-state index in [1.165, 1.54) is 0 Å². The summed E-state index contributed by atoms with van der Waals surface area (Å²) < 4.78 is 50.3. The summed E-state index contributed by atoms with van der Waals surface area (Å²) in [5, 5.41) is 0. The highest BCUT2D eigenvalue weighted by molar-refractivity contribution is 5.78. The Labute approximate surface area is 138 Å². The molecule has 0 amide bonds. The standard InChI is InChI=1S/C15H23F3O6/c1-5-14(3,4)13(21)23-9-8-22-11(19)6-7-12(20)24-10(2)15(16,17)18/h10H,5-9H2,1-4H3. The normalized spacial score (nSPS) is 13.1. The Balaban J connectivity index is 3.92. The number of carbonyl (C=O) groups is 3. The van der Waals surface area contributed by atoms with Crippen LogP contribution in [-0.4, -0.2) is 43.4 Å². The van der Waals surface area contributed by atoms with E-state index in [-0.39, 0.29) is 13.2 Å². The van der Waals surface area contributed by atoms with E-state index < -0.39 is 48.4 Å². The molecule has 0 N–H and O–H groups in total. The molecule has 0 spiro atoms. The fraction of sp³-hybridized carbons (Fsp3) is 0.800. The zero-order chi connectivity index (χ0) is 19.0. The van der Waals surface area contributed by atoms with Gasteiger partial charge in [-0.05, 0) is 27.2 Å². The molecular weight excluding hydrogens is 333 g/mol. The van der Waals surface area contributed by atoms with Gasteiger partial charge in [0, 0.05) is 0 Å². The summed E-state index contributed by atoms with van der Waals surface area (Å²) in [5.74, 6) is -2.36. The van der Waals surface area contributed by atoms with Gasteiger partial charge in [-0.25, -0.2) is 0 Å². The second-order valence-electron chi connectivity index (χ2n) is 5.77. The zero-order valence-corrected chi connectivity index (χ0v) is 14.2. The third-order valence-electron chi connectivity index (χ3n) is 3.32. The topological polar surface area (TPSA) is 78.9 Å². The van der Waals surface area contributed by atoms with Crippen molar-refractivity contribution in [3.8, 4) is 0 Å². The molecule has 0 radical (unpaired) electrons. The zero-order valence-electron chi connectivity index (χ0n) is 14.2. The lowest BCUT2D eigenvalue weighted by molar-refractivity contribution is -0.216. The second-order valence-corrected chi connectivity index (χ2v) is 5.77. The lowest BCUT2D eigenvalue weighted by Gasteiger charge is -2.20. The molecule has 24 heavy (non-hydrogen) atoms. The van der Waals surface area contributed by atoms with E-state index in [0.29, 0.717) is 13.3 Å². The van der Waals surface area contributed by atoms with Crippen LogP contribution in [0.25, 0.3) is 0 Å². The largest absolute Gasteiger partial charge is 0.462 e. The molecule has 0 bridgehead atoms. The maximum Gasteiger partial charge on any atom is 0.425 e. The van der Waals surface area contributed by atoms with Gasteiger partial charge in [-0.3, -0.25) is 14.4 Å². The number of hydrogen-bond donors (Lipinski definition) is 0. The van der Waals surface area contributed by atoms with Crippen LogP contribution in [0.15, 0.2) is 0 Å². The lowest BCUT2D eigenvalue weighted by atomic mass is 9.91. The number of halogens is 3. The van der Waals surface area contributed by atoms with Crippen molar-refractivity contribution in [1.29, 1.82) is 0 Å². The van der Waals surface area contributed by atoms with Gasteiger partial charge in [0.15, 0.2) is 6.10 Å². The van der Waals surface area contributed by atoms with E-state index in [9.17, 15) is 27.6 Å². The highest BCUT2D eigenvalue weighted by Crippen LogP contribution is 2.23. The molecule has 1 unspecified atom stereocenters. The van der Waals surface area contributed by atoms with Crippen LogP contribution >= 0.6 is 0 Å². The second kappa shape index (κ2) is 9.48. The first-order chi connectivity index (χ1) is 10.9. The molecule has 0 aromatic rings. The molecule has 0 aromatic heterocycles. The average Bonchev–Trinajstić information content (AvgIpc) is 2.48. The van der Waals surface area contributed by atoms with Crippen LogP contribution in [0.1, 0.15) is 47.0 Å². The van der Waals surface area contributed by atoms with Gasteiger partial charge in [0.05, 0.1) is 18.3 Å². The van der Waals surface area contributed by atoms with Crippen molar-refractivity contribution in [2.75, 3.05) is 13.2 Å². The molecule has 9 heteroatoms. The highest BCUT2D eigenvalue weighted by atomic mass is 19.4. The van der Waals surface area contributed by atoms with E-state index in [4.69, 9.17) is 9.47 Å². The van der Waals surface area contributed by atoms with E-state index in [1.54, 1.807) is 13.8 Å². The quantitative estimate of drug-likeness (QED) is 0.359. The monoisotopic (exact) mass is 356 g/mol. The van der Waals surface area contributed by atoms with Crippen molar-refractivity contribution in [3.63, 3.8) is 0 Å². The van der Waals surface area contributed by atoms with Crippen LogP contribution in [0.2, 0.25) is 0 Å². The fourth-order valence-electron chi connectivity index (χ4n) is 1.23. The Morgan fingerprint density at radius 2 is 1.46 bits per heavy atom. The van der Waals surface area contributed by atoms with Crippen LogP contribution in [0, 0.1) is 5.41 Å². The first kappa shape index (κ1) is 22.2. The van der Waals surface area contributed by atoms with Crippen LogP contribution < -0.4 is 0 Å². The van der Waals surface area contributed by atoms with Crippen LogP contribution in [0.5, 0.6) is 0 Å². The van der Waals surface area contributed by atoms with Gasteiger partial charge in [-0.15, -0.1) is 0 Å². The summed E-state index contributed by atoms with van der Waals surface area (Å²) in [6, 6.07) is 0. The summed E-state index contributed by atoms with van der Waals surface area (Å²) >= 11 is 0. The van der Waals surface area contributed by atoms with Crippen LogP contribution in [0.4, 0.5) is 13.2 Å². The first-order valence-electron chi connectivity index (χ1n) is 7.49. The smallest absolute Gasteiger partial charge is 0.425 e. The minimum absolute atomic E-state index is 0.135. The van der Waals surface area contributed by atoms with Gasteiger partial charge < -0.3 is 14.2 Å². The minimum Gasteiger partial charge on any atom is -0.462 e. The number of rotatable bonds is 9. The van der Waals surface area contributed by atoms with Crippen molar-refractivity contribution in [2.24, 2.45) is 5.41 Å². The van der Waals surface area contributed by atoms with Gasteiger partial charge >= 0.3 is 24.1 Å². The predicted octanol–water partition coefficient (Wildman–Crippen LogP) is 2.78. The van der Waals surface area contributed by atoms with Crippen LogP contribution in [-0.2, 0) is 28.6 Å². The third kappa shape index (κ3) is 8.73. The maximum absolute atomic E-state index is 12.2. The number of carbonyl (C=O) groups excluding carboxylic acids is 3. The molecule has 0 saturated carbocycles. The van der Waals surface area contributed by atoms with Crippen molar-refractivity contribution in [3.05, 3.63) is 0 Å². The molecular formula is C15H23F3O6. The molecule has 1 atom stereocenters. The minimum atomic E-state index is -4.65. The number of esters is 3. The summed E-state index contributed by atoms with van der Waals surface area (Å²) in [5.41, 5.74) is -0.636. The summed E-state index contributed by atoms with van der Waals surface area (Å²) in [7, 11) is 0.